The van der Waals surface area contributed by atoms with Gasteiger partial charge in [-0.25, -0.2) is 4.98 Å². The van der Waals surface area contributed by atoms with Crippen LogP contribution >= 0.6 is 0 Å². The molecule has 0 aliphatic heterocycles. The van der Waals surface area contributed by atoms with E-state index >= 15 is 0 Å². The number of hydrogen-bond acceptors (Lipinski definition) is 6. The summed E-state index contributed by atoms with van der Waals surface area (Å²) in [6, 6.07) is 10.3. The zero-order valence-corrected chi connectivity index (χ0v) is 19.0. The summed E-state index contributed by atoms with van der Waals surface area (Å²) in [5.74, 6) is -0.403. The van der Waals surface area contributed by atoms with Gasteiger partial charge in [0, 0.05) is 23.4 Å². The van der Waals surface area contributed by atoms with E-state index in [1.807, 2.05) is 0 Å². The predicted octanol–water partition coefficient (Wildman–Crippen LogP) is 7.17. The predicted molar refractivity (Wildman–Crippen MR) is 121 cm³/mol. The smallest absolute Gasteiger partial charge is 0.496 e. The fourth-order valence-corrected chi connectivity index (χ4v) is 3.98. The van der Waals surface area contributed by atoms with E-state index < -0.39 is 23.9 Å². The molecule has 3 aromatic rings. The zero-order chi connectivity index (χ0) is 25.9. The number of aromatic nitrogens is 2. The molecule has 12 heteroatoms. The number of methoxy groups -OCH3 is 1. The Hall–Kier alpha value is -3.70. The molecule has 4 rings (SSSR count). The zero-order valence-electron chi connectivity index (χ0n) is 19.0. The first-order valence-corrected chi connectivity index (χ1v) is 11.0. The molecule has 36 heavy (non-hydrogen) atoms. The summed E-state index contributed by atoms with van der Waals surface area (Å²) >= 11 is 0. The van der Waals surface area contributed by atoms with Crippen LogP contribution in [0.15, 0.2) is 48.5 Å². The molecule has 1 fully saturated rings. The highest BCUT2D eigenvalue weighted by Crippen LogP contribution is 2.38. The largest absolute Gasteiger partial charge is 0.573 e. The fourth-order valence-electron chi connectivity index (χ4n) is 3.98. The second-order valence-corrected chi connectivity index (χ2v) is 8.20. The Labute approximate surface area is 202 Å². The number of nitrogens with one attached hydrogen (secondary N) is 2. The summed E-state index contributed by atoms with van der Waals surface area (Å²) < 4.78 is 87.2. The third kappa shape index (κ3) is 6.49. The van der Waals surface area contributed by atoms with Crippen LogP contribution in [0.2, 0.25) is 0 Å². The van der Waals surface area contributed by atoms with Gasteiger partial charge < -0.3 is 20.1 Å². The first-order valence-electron chi connectivity index (χ1n) is 11.0. The van der Waals surface area contributed by atoms with Crippen LogP contribution in [0.1, 0.15) is 31.2 Å². The van der Waals surface area contributed by atoms with E-state index in [-0.39, 0.29) is 34.9 Å². The van der Waals surface area contributed by atoms with Crippen molar-refractivity contribution in [2.45, 2.75) is 44.3 Å². The average molecular weight is 512 g/mol. The molecule has 0 amide bonds. The van der Waals surface area contributed by atoms with E-state index in [1.165, 1.54) is 30.3 Å². The van der Waals surface area contributed by atoms with Crippen LogP contribution in [0.4, 0.5) is 43.8 Å². The second-order valence-electron chi connectivity index (χ2n) is 8.20. The molecule has 1 saturated carbocycles. The van der Waals surface area contributed by atoms with Crippen molar-refractivity contribution in [2.75, 3.05) is 17.7 Å². The van der Waals surface area contributed by atoms with Gasteiger partial charge in [-0.3, -0.25) is 0 Å². The SMILES string of the molecule is COc1ccc(Nc2cc(-c3cccc(OC(F)(F)F)c3)nc(NC3CCCC3)n2)cc1C(F)(F)F. The van der Waals surface area contributed by atoms with Crippen molar-refractivity contribution >= 4 is 17.5 Å². The van der Waals surface area contributed by atoms with Gasteiger partial charge in [0.2, 0.25) is 5.95 Å². The lowest BCUT2D eigenvalue weighted by molar-refractivity contribution is -0.274. The van der Waals surface area contributed by atoms with Gasteiger partial charge in [-0.15, -0.1) is 13.2 Å². The van der Waals surface area contributed by atoms with Gasteiger partial charge in [-0.05, 0) is 43.2 Å². The van der Waals surface area contributed by atoms with Gasteiger partial charge in [-0.1, -0.05) is 25.0 Å². The molecule has 0 unspecified atom stereocenters. The minimum atomic E-state index is -4.86. The maximum absolute atomic E-state index is 13.5. The Balaban J connectivity index is 1.70. The second kappa shape index (κ2) is 10.1. The fraction of sp³-hybridized carbons (Fsp3) is 0.333. The first kappa shape index (κ1) is 25.4. The van der Waals surface area contributed by atoms with Crippen LogP contribution in [0.5, 0.6) is 11.5 Å². The van der Waals surface area contributed by atoms with E-state index in [0.717, 1.165) is 44.9 Å². The lowest BCUT2D eigenvalue weighted by Crippen LogP contribution is -2.17. The summed E-state index contributed by atoms with van der Waals surface area (Å²) in [7, 11) is 1.14. The van der Waals surface area contributed by atoms with E-state index in [2.05, 4.69) is 25.3 Å². The van der Waals surface area contributed by atoms with Crippen molar-refractivity contribution in [1.82, 2.24) is 9.97 Å². The minimum absolute atomic E-state index is 0.0914. The van der Waals surface area contributed by atoms with Crippen molar-refractivity contribution in [3.63, 3.8) is 0 Å². The van der Waals surface area contributed by atoms with Crippen molar-refractivity contribution in [2.24, 2.45) is 0 Å². The minimum Gasteiger partial charge on any atom is -0.496 e. The first-order chi connectivity index (χ1) is 17.0. The average Bonchev–Trinajstić information content (AvgIpc) is 3.30. The van der Waals surface area contributed by atoms with Gasteiger partial charge in [0.05, 0.1) is 18.4 Å². The molecule has 1 aliphatic carbocycles. The number of hydrogen-bond donors (Lipinski definition) is 2. The highest BCUT2D eigenvalue weighted by Gasteiger charge is 2.34. The van der Waals surface area contributed by atoms with Gasteiger partial charge in [-0.2, -0.15) is 18.2 Å². The number of rotatable bonds is 7. The van der Waals surface area contributed by atoms with Crippen LogP contribution in [0.25, 0.3) is 11.3 Å². The molecule has 1 aliphatic rings. The number of benzene rings is 2. The molecule has 1 aromatic heterocycles. The maximum Gasteiger partial charge on any atom is 0.573 e. The molecule has 2 aromatic carbocycles. The highest BCUT2D eigenvalue weighted by atomic mass is 19.4. The molecule has 2 N–H and O–H groups in total. The summed E-state index contributed by atoms with van der Waals surface area (Å²) in [5, 5.41) is 6.05. The van der Waals surface area contributed by atoms with Crippen LogP contribution in [-0.4, -0.2) is 29.5 Å². The Morgan fingerprint density at radius 2 is 1.67 bits per heavy atom. The highest BCUT2D eigenvalue weighted by molar-refractivity contribution is 5.69. The third-order valence-corrected chi connectivity index (χ3v) is 5.56. The molecule has 0 atom stereocenters. The van der Waals surface area contributed by atoms with Crippen LogP contribution < -0.4 is 20.1 Å². The summed E-state index contributed by atoms with van der Waals surface area (Å²) in [4.78, 5) is 8.81. The molecule has 6 nitrogen and oxygen atoms in total. The Morgan fingerprint density at radius 1 is 0.917 bits per heavy atom. The topological polar surface area (TPSA) is 68.3 Å². The number of anilines is 3. The van der Waals surface area contributed by atoms with Crippen molar-refractivity contribution in [3.05, 3.63) is 54.1 Å². The van der Waals surface area contributed by atoms with Gasteiger partial charge in [0.25, 0.3) is 0 Å². The number of nitrogens with zero attached hydrogens (tertiary/aromatic N) is 2. The Bertz CT molecular complexity index is 1210. The number of alkyl halides is 6. The molecule has 0 radical (unpaired) electrons. The molecular formula is C24H22F6N4O2. The van der Waals surface area contributed by atoms with E-state index in [9.17, 15) is 26.3 Å². The van der Waals surface area contributed by atoms with E-state index in [1.54, 1.807) is 6.07 Å². The molecule has 0 bridgehead atoms. The van der Waals surface area contributed by atoms with Crippen LogP contribution in [-0.2, 0) is 6.18 Å². The molecule has 192 valence electrons. The summed E-state index contributed by atoms with van der Waals surface area (Å²) in [6.07, 6.45) is -5.64. The van der Waals surface area contributed by atoms with E-state index in [0.29, 0.717) is 5.56 Å². The Morgan fingerprint density at radius 3 is 2.33 bits per heavy atom. The van der Waals surface area contributed by atoms with Crippen LogP contribution in [0.3, 0.4) is 0 Å². The van der Waals surface area contributed by atoms with Gasteiger partial charge in [0.15, 0.2) is 0 Å². The number of ether oxygens (including phenoxy) is 2. The maximum atomic E-state index is 13.5. The van der Waals surface area contributed by atoms with E-state index in [4.69, 9.17) is 4.74 Å². The summed E-state index contributed by atoms with van der Waals surface area (Å²) in [5.41, 5.74) is -0.313. The number of halogens is 6. The molecular weight excluding hydrogens is 490 g/mol. The molecule has 0 spiro atoms. The third-order valence-electron chi connectivity index (χ3n) is 5.56. The van der Waals surface area contributed by atoms with Crippen molar-refractivity contribution < 1.29 is 35.8 Å². The lowest BCUT2D eigenvalue weighted by atomic mass is 10.1. The molecule has 0 saturated heterocycles. The quantitative estimate of drug-likeness (QED) is 0.327. The Kier molecular flexibility index (Phi) is 7.14. The lowest BCUT2D eigenvalue weighted by Gasteiger charge is -2.17. The van der Waals surface area contributed by atoms with Crippen LogP contribution in [0, 0.1) is 0 Å². The van der Waals surface area contributed by atoms with Gasteiger partial charge in [0.1, 0.15) is 17.3 Å². The molecule has 1 heterocycles. The standard InChI is InChI=1S/C24H22F6N4O2/c1-35-20-10-9-16(12-18(20)23(25,26)27)31-21-13-19(33-22(34-21)32-15-6-2-3-7-15)14-5-4-8-17(11-14)36-24(28,29)30/h4-5,8-13,15H,2-3,6-7H2,1H3,(H2,31,32,33,34). The summed E-state index contributed by atoms with van der Waals surface area (Å²) in [6.45, 7) is 0. The van der Waals surface area contributed by atoms with Gasteiger partial charge >= 0.3 is 12.5 Å². The van der Waals surface area contributed by atoms with Crippen molar-refractivity contribution in [3.8, 4) is 22.8 Å². The normalized spacial score (nSPS) is 14.5. The van der Waals surface area contributed by atoms with Crippen molar-refractivity contribution in [1.29, 1.82) is 0 Å². The monoisotopic (exact) mass is 512 g/mol.